The van der Waals surface area contributed by atoms with Gasteiger partial charge < -0.3 is 19.7 Å². The van der Waals surface area contributed by atoms with E-state index in [0.717, 1.165) is 57.2 Å². The molecular weight excluding hydrogens is 388 g/mol. The van der Waals surface area contributed by atoms with Crippen molar-refractivity contribution >= 4 is 5.95 Å². The van der Waals surface area contributed by atoms with Crippen molar-refractivity contribution in [3.8, 4) is 5.75 Å². The Balaban J connectivity index is 1.20. The largest absolute Gasteiger partial charge is 0.490 e. The van der Waals surface area contributed by atoms with Crippen molar-refractivity contribution in [2.45, 2.75) is 62.5 Å². The maximum atomic E-state index is 6.35. The summed E-state index contributed by atoms with van der Waals surface area (Å²) >= 11 is 0. The number of rotatable bonds is 7. The molecule has 2 saturated heterocycles. The average molecular weight is 423 g/mol. The van der Waals surface area contributed by atoms with E-state index in [1.807, 2.05) is 6.07 Å². The van der Waals surface area contributed by atoms with Crippen LogP contribution in [-0.2, 0) is 10.2 Å². The highest BCUT2D eigenvalue weighted by molar-refractivity contribution is 5.36. The fourth-order valence-electron chi connectivity index (χ4n) is 5.16. The minimum absolute atomic E-state index is 0.0318. The van der Waals surface area contributed by atoms with Crippen molar-refractivity contribution in [1.82, 2.24) is 14.9 Å². The number of ether oxygens (including phenoxy) is 2. The van der Waals surface area contributed by atoms with Gasteiger partial charge in [-0.3, -0.25) is 0 Å². The minimum Gasteiger partial charge on any atom is -0.490 e. The van der Waals surface area contributed by atoms with E-state index in [0.29, 0.717) is 12.1 Å². The van der Waals surface area contributed by atoms with Crippen LogP contribution in [0.5, 0.6) is 5.75 Å². The predicted molar refractivity (Wildman–Crippen MR) is 122 cm³/mol. The van der Waals surface area contributed by atoms with Crippen molar-refractivity contribution in [2.75, 3.05) is 38.2 Å². The van der Waals surface area contributed by atoms with Gasteiger partial charge in [0, 0.05) is 56.7 Å². The van der Waals surface area contributed by atoms with Crippen LogP contribution in [0.15, 0.2) is 42.7 Å². The number of hydrogen-bond acceptors (Lipinski definition) is 6. The van der Waals surface area contributed by atoms with E-state index in [9.17, 15) is 0 Å². The van der Waals surface area contributed by atoms with Crippen LogP contribution in [0.2, 0.25) is 0 Å². The molecule has 2 aromatic rings. The lowest BCUT2D eigenvalue weighted by Crippen LogP contribution is -2.46. The molecule has 6 heteroatoms. The van der Waals surface area contributed by atoms with Crippen molar-refractivity contribution in [2.24, 2.45) is 0 Å². The van der Waals surface area contributed by atoms with Gasteiger partial charge in [0.1, 0.15) is 11.9 Å². The summed E-state index contributed by atoms with van der Waals surface area (Å²) in [5.74, 6) is 1.67. The molecule has 3 heterocycles. The predicted octanol–water partition coefficient (Wildman–Crippen LogP) is 4.03. The van der Waals surface area contributed by atoms with Gasteiger partial charge in [-0.05, 0) is 62.3 Å². The van der Waals surface area contributed by atoms with Crippen LogP contribution in [0, 0.1) is 0 Å². The summed E-state index contributed by atoms with van der Waals surface area (Å²) in [6.07, 6.45) is 12.4. The molecule has 1 N–H and O–H groups in total. The summed E-state index contributed by atoms with van der Waals surface area (Å²) < 4.78 is 12.0. The number of aromatic nitrogens is 2. The topological polar surface area (TPSA) is 59.5 Å². The zero-order valence-corrected chi connectivity index (χ0v) is 18.3. The Labute approximate surface area is 185 Å². The van der Waals surface area contributed by atoms with Crippen molar-refractivity contribution < 1.29 is 9.47 Å². The zero-order valence-electron chi connectivity index (χ0n) is 18.3. The Morgan fingerprint density at radius 3 is 2.35 bits per heavy atom. The first-order chi connectivity index (χ1) is 15.3. The van der Waals surface area contributed by atoms with Gasteiger partial charge in [-0.2, -0.15) is 0 Å². The normalized spacial score (nSPS) is 22.6. The van der Waals surface area contributed by atoms with Gasteiger partial charge in [-0.25, -0.2) is 9.97 Å². The fourth-order valence-corrected chi connectivity index (χ4v) is 5.16. The fraction of sp³-hybridized carbons (Fsp3) is 0.600. The van der Waals surface area contributed by atoms with Gasteiger partial charge in [0.2, 0.25) is 5.95 Å². The van der Waals surface area contributed by atoms with Crippen LogP contribution in [0.4, 0.5) is 5.95 Å². The third-order valence-corrected chi connectivity index (χ3v) is 7.44. The van der Waals surface area contributed by atoms with Gasteiger partial charge in [-0.1, -0.05) is 18.6 Å². The summed E-state index contributed by atoms with van der Waals surface area (Å²) in [7, 11) is 0. The summed E-state index contributed by atoms with van der Waals surface area (Å²) in [6, 6.07) is 11.5. The van der Waals surface area contributed by atoms with E-state index in [-0.39, 0.29) is 5.41 Å². The second-order valence-electron chi connectivity index (χ2n) is 9.28. The lowest BCUT2D eigenvalue weighted by molar-refractivity contribution is 0.0491. The summed E-state index contributed by atoms with van der Waals surface area (Å²) in [5.41, 5.74) is 1.37. The molecule has 31 heavy (non-hydrogen) atoms. The minimum atomic E-state index is 0.0318. The third-order valence-electron chi connectivity index (χ3n) is 7.44. The maximum Gasteiger partial charge on any atom is 0.222 e. The quantitative estimate of drug-likeness (QED) is 0.727. The van der Waals surface area contributed by atoms with E-state index in [2.05, 4.69) is 44.5 Å². The summed E-state index contributed by atoms with van der Waals surface area (Å²) in [4.78, 5) is 11.3. The molecule has 5 rings (SSSR count). The van der Waals surface area contributed by atoms with E-state index in [4.69, 9.17) is 9.47 Å². The number of benzene rings is 1. The monoisotopic (exact) mass is 422 g/mol. The highest BCUT2D eigenvalue weighted by Gasteiger charge is 2.35. The van der Waals surface area contributed by atoms with Gasteiger partial charge in [0.15, 0.2) is 0 Å². The van der Waals surface area contributed by atoms with E-state index in [1.54, 1.807) is 12.4 Å². The van der Waals surface area contributed by atoms with Crippen LogP contribution in [0.3, 0.4) is 0 Å². The van der Waals surface area contributed by atoms with Crippen LogP contribution >= 0.6 is 0 Å². The van der Waals surface area contributed by atoms with E-state index >= 15 is 0 Å². The molecule has 0 radical (unpaired) electrons. The molecule has 2 aliphatic heterocycles. The Morgan fingerprint density at radius 2 is 1.71 bits per heavy atom. The zero-order chi connectivity index (χ0) is 20.9. The molecule has 1 aromatic carbocycles. The van der Waals surface area contributed by atoms with Crippen molar-refractivity contribution in [1.29, 1.82) is 0 Å². The lowest BCUT2D eigenvalue weighted by atomic mass is 9.74. The molecule has 0 bridgehead atoms. The summed E-state index contributed by atoms with van der Waals surface area (Å²) in [5, 5.41) is 3.44. The van der Waals surface area contributed by atoms with Crippen LogP contribution in [0.1, 0.15) is 50.5 Å². The second kappa shape index (κ2) is 9.53. The highest BCUT2D eigenvalue weighted by Crippen LogP contribution is 2.36. The molecule has 3 aliphatic rings. The number of nitrogens with zero attached hydrogens (tertiary/aromatic N) is 3. The molecule has 6 nitrogen and oxygen atoms in total. The Hall–Kier alpha value is -2.18. The second-order valence-corrected chi connectivity index (χ2v) is 9.28. The number of hydrogen-bond donors (Lipinski definition) is 1. The SMILES string of the molecule is c1cnc(NCC2(c3ccc(OC4CCN(C5CCC5)CC4)cc3)CCOCC2)nc1. The smallest absolute Gasteiger partial charge is 0.222 e. The molecule has 3 fully saturated rings. The number of anilines is 1. The van der Waals surface area contributed by atoms with Crippen LogP contribution < -0.4 is 10.1 Å². The summed E-state index contributed by atoms with van der Waals surface area (Å²) in [6.45, 7) is 4.75. The average Bonchev–Trinajstić information content (AvgIpc) is 2.80. The van der Waals surface area contributed by atoms with Crippen molar-refractivity contribution in [3.63, 3.8) is 0 Å². The highest BCUT2D eigenvalue weighted by atomic mass is 16.5. The Kier molecular flexibility index (Phi) is 6.37. The van der Waals surface area contributed by atoms with Crippen molar-refractivity contribution in [3.05, 3.63) is 48.3 Å². The van der Waals surface area contributed by atoms with Crippen LogP contribution in [0.25, 0.3) is 0 Å². The molecule has 0 spiro atoms. The van der Waals surface area contributed by atoms with E-state index < -0.39 is 0 Å². The van der Waals surface area contributed by atoms with Gasteiger partial charge >= 0.3 is 0 Å². The number of nitrogens with one attached hydrogen (secondary N) is 1. The molecule has 1 aliphatic carbocycles. The number of likely N-dealkylation sites (tertiary alicyclic amines) is 1. The number of piperidine rings is 1. The third kappa shape index (κ3) is 4.85. The Bertz CT molecular complexity index is 811. The molecule has 1 saturated carbocycles. The molecule has 166 valence electrons. The molecule has 0 amide bonds. The molecule has 0 atom stereocenters. The first-order valence-electron chi connectivity index (χ1n) is 11.9. The van der Waals surface area contributed by atoms with Gasteiger partial charge in [-0.15, -0.1) is 0 Å². The van der Waals surface area contributed by atoms with E-state index in [1.165, 1.54) is 37.9 Å². The lowest BCUT2D eigenvalue weighted by Gasteiger charge is -2.41. The standard InChI is InChI=1S/C25H34N4O2/c1-3-21(4-1)29-15-9-23(10-16-29)31-22-7-5-20(6-8-22)25(11-17-30-18-12-25)19-28-24-26-13-2-14-27-24/h2,5-8,13-14,21,23H,1,3-4,9-12,15-19H2,(H,26,27,28). The van der Waals surface area contributed by atoms with Crippen LogP contribution in [-0.4, -0.2) is 59.9 Å². The Morgan fingerprint density at radius 1 is 1.00 bits per heavy atom. The molecule has 0 unspecified atom stereocenters. The first-order valence-corrected chi connectivity index (χ1v) is 11.9. The maximum absolute atomic E-state index is 6.35. The first kappa shape index (κ1) is 20.7. The van der Waals surface area contributed by atoms with Gasteiger partial charge in [0.05, 0.1) is 0 Å². The van der Waals surface area contributed by atoms with Gasteiger partial charge in [0.25, 0.3) is 0 Å². The molecule has 1 aromatic heterocycles. The molecular formula is C25H34N4O2.